The van der Waals surface area contributed by atoms with E-state index in [-0.39, 0.29) is 0 Å². The first-order chi connectivity index (χ1) is 6.79. The molecule has 2 rings (SSSR count). The van der Waals surface area contributed by atoms with Gasteiger partial charge in [-0.3, -0.25) is 4.98 Å². The molecule has 0 aliphatic carbocycles. The topological polar surface area (TPSA) is 58.0 Å². The van der Waals surface area contributed by atoms with E-state index in [1.165, 1.54) is 0 Å². The monoisotopic (exact) mass is 212 g/mol. The van der Waals surface area contributed by atoms with Gasteiger partial charge in [0.1, 0.15) is 0 Å². The lowest BCUT2D eigenvalue weighted by atomic mass is 10.3. The van der Waals surface area contributed by atoms with E-state index in [9.17, 15) is 4.79 Å². The molecule has 0 atom stereocenters. The van der Waals surface area contributed by atoms with Crippen LogP contribution in [0.5, 0.6) is 0 Å². The van der Waals surface area contributed by atoms with Crippen LogP contribution in [0.2, 0.25) is 0 Å². The van der Waals surface area contributed by atoms with E-state index in [0.29, 0.717) is 23.5 Å². The molecule has 1 aromatic carbocycles. The number of hydrogen-bond donors (Lipinski definition) is 2. The SMILES string of the molecule is O=c1[nH]c2cc(NCCCl)ccc2o1. The molecule has 0 saturated carbocycles. The number of halogens is 1. The predicted molar refractivity (Wildman–Crippen MR) is 56.0 cm³/mol. The van der Waals surface area contributed by atoms with Gasteiger partial charge in [0.2, 0.25) is 0 Å². The quantitative estimate of drug-likeness (QED) is 0.763. The third-order valence-electron chi connectivity index (χ3n) is 1.84. The highest BCUT2D eigenvalue weighted by atomic mass is 35.5. The van der Waals surface area contributed by atoms with Crippen molar-refractivity contribution in [2.45, 2.75) is 0 Å². The maximum atomic E-state index is 10.9. The molecule has 5 heteroatoms. The number of anilines is 1. The third-order valence-corrected chi connectivity index (χ3v) is 2.03. The molecule has 0 unspecified atom stereocenters. The van der Waals surface area contributed by atoms with Crippen molar-refractivity contribution in [2.75, 3.05) is 17.7 Å². The van der Waals surface area contributed by atoms with Gasteiger partial charge in [0.05, 0.1) is 5.52 Å². The summed E-state index contributed by atoms with van der Waals surface area (Å²) in [7, 11) is 0. The molecule has 0 amide bonds. The van der Waals surface area contributed by atoms with E-state index in [0.717, 1.165) is 5.69 Å². The fourth-order valence-electron chi connectivity index (χ4n) is 1.25. The molecule has 1 aromatic heterocycles. The van der Waals surface area contributed by atoms with Crippen molar-refractivity contribution in [1.82, 2.24) is 4.98 Å². The van der Waals surface area contributed by atoms with Crippen LogP contribution in [0.25, 0.3) is 11.1 Å². The maximum absolute atomic E-state index is 10.9. The summed E-state index contributed by atoms with van der Waals surface area (Å²) in [6.45, 7) is 0.690. The summed E-state index contributed by atoms with van der Waals surface area (Å²) >= 11 is 5.53. The largest absolute Gasteiger partial charge is 0.417 e. The highest BCUT2D eigenvalue weighted by Crippen LogP contribution is 2.15. The Labute approximate surface area is 84.9 Å². The van der Waals surface area contributed by atoms with Gasteiger partial charge in [0.25, 0.3) is 0 Å². The Bertz CT molecular complexity index is 489. The van der Waals surface area contributed by atoms with E-state index in [4.69, 9.17) is 16.0 Å². The molecular weight excluding hydrogens is 204 g/mol. The maximum Gasteiger partial charge on any atom is 0.417 e. The fraction of sp³-hybridized carbons (Fsp3) is 0.222. The molecule has 74 valence electrons. The smallest absolute Gasteiger partial charge is 0.408 e. The molecule has 2 aromatic rings. The van der Waals surface area contributed by atoms with Crippen molar-refractivity contribution in [2.24, 2.45) is 0 Å². The minimum atomic E-state index is -0.436. The zero-order valence-corrected chi connectivity index (χ0v) is 8.10. The molecule has 0 aliphatic rings. The second-order valence-electron chi connectivity index (χ2n) is 2.84. The first-order valence-corrected chi connectivity index (χ1v) is 4.76. The van der Waals surface area contributed by atoms with E-state index in [1.807, 2.05) is 12.1 Å². The second kappa shape index (κ2) is 3.75. The number of aromatic nitrogens is 1. The zero-order valence-electron chi connectivity index (χ0n) is 7.34. The Balaban J connectivity index is 2.35. The minimum absolute atomic E-state index is 0.436. The lowest BCUT2D eigenvalue weighted by Crippen LogP contribution is -2.01. The lowest BCUT2D eigenvalue weighted by Gasteiger charge is -2.02. The normalized spacial score (nSPS) is 10.6. The third kappa shape index (κ3) is 1.75. The van der Waals surface area contributed by atoms with Crippen molar-refractivity contribution in [3.05, 3.63) is 28.7 Å². The summed E-state index contributed by atoms with van der Waals surface area (Å²) in [6.07, 6.45) is 0. The number of nitrogens with one attached hydrogen (secondary N) is 2. The molecule has 4 nitrogen and oxygen atoms in total. The number of rotatable bonds is 3. The van der Waals surface area contributed by atoms with E-state index >= 15 is 0 Å². The van der Waals surface area contributed by atoms with Crippen molar-refractivity contribution in [1.29, 1.82) is 0 Å². The van der Waals surface area contributed by atoms with Crippen molar-refractivity contribution >= 4 is 28.4 Å². The van der Waals surface area contributed by atoms with Crippen LogP contribution in [0, 0.1) is 0 Å². The summed E-state index contributed by atoms with van der Waals surface area (Å²) in [4.78, 5) is 13.4. The molecule has 0 bridgehead atoms. The van der Waals surface area contributed by atoms with Crippen LogP contribution >= 0.6 is 11.6 Å². The molecular formula is C9H9ClN2O2. The van der Waals surface area contributed by atoms with Crippen molar-refractivity contribution in [3.63, 3.8) is 0 Å². The predicted octanol–water partition coefficient (Wildman–Crippen LogP) is 1.77. The number of aromatic amines is 1. The van der Waals surface area contributed by atoms with Crippen LogP contribution in [0.15, 0.2) is 27.4 Å². The van der Waals surface area contributed by atoms with Crippen molar-refractivity contribution < 1.29 is 4.42 Å². The molecule has 0 aliphatic heterocycles. The Hall–Kier alpha value is -1.42. The van der Waals surface area contributed by atoms with Gasteiger partial charge in [0, 0.05) is 18.1 Å². The number of alkyl halides is 1. The Kier molecular flexibility index (Phi) is 2.45. The minimum Gasteiger partial charge on any atom is -0.408 e. The Morgan fingerprint density at radius 1 is 1.50 bits per heavy atom. The summed E-state index contributed by atoms with van der Waals surface area (Å²) < 4.78 is 4.86. The number of fused-ring (bicyclic) bond motifs is 1. The van der Waals surface area contributed by atoms with Crippen LogP contribution in [-0.4, -0.2) is 17.4 Å². The number of H-pyrrole nitrogens is 1. The average Bonchev–Trinajstić information content (AvgIpc) is 2.54. The molecule has 0 fully saturated rings. The molecule has 0 saturated heterocycles. The Morgan fingerprint density at radius 3 is 3.14 bits per heavy atom. The zero-order chi connectivity index (χ0) is 9.97. The van der Waals surface area contributed by atoms with Crippen LogP contribution in [0.1, 0.15) is 0 Å². The van der Waals surface area contributed by atoms with Crippen molar-refractivity contribution in [3.8, 4) is 0 Å². The van der Waals surface area contributed by atoms with Crippen LogP contribution in [0.3, 0.4) is 0 Å². The second-order valence-corrected chi connectivity index (χ2v) is 3.22. The van der Waals surface area contributed by atoms with Crippen LogP contribution in [-0.2, 0) is 0 Å². The molecule has 1 heterocycles. The van der Waals surface area contributed by atoms with Gasteiger partial charge in [-0.1, -0.05) is 0 Å². The summed E-state index contributed by atoms with van der Waals surface area (Å²) in [5.74, 6) is 0.106. The first kappa shape index (κ1) is 9.15. The van der Waals surface area contributed by atoms with Crippen LogP contribution < -0.4 is 11.1 Å². The van der Waals surface area contributed by atoms with Gasteiger partial charge in [-0.05, 0) is 18.2 Å². The van der Waals surface area contributed by atoms with E-state index in [2.05, 4.69) is 10.3 Å². The molecule has 0 spiro atoms. The lowest BCUT2D eigenvalue weighted by molar-refractivity contribution is 0.555. The number of oxazole rings is 1. The van der Waals surface area contributed by atoms with Gasteiger partial charge in [-0.2, -0.15) is 0 Å². The van der Waals surface area contributed by atoms with Gasteiger partial charge in [-0.25, -0.2) is 4.79 Å². The van der Waals surface area contributed by atoms with Crippen LogP contribution in [0.4, 0.5) is 5.69 Å². The van der Waals surface area contributed by atoms with E-state index < -0.39 is 5.76 Å². The highest BCUT2D eigenvalue weighted by Gasteiger charge is 2.00. The molecule has 2 N–H and O–H groups in total. The number of benzene rings is 1. The average molecular weight is 213 g/mol. The van der Waals surface area contributed by atoms with Gasteiger partial charge in [-0.15, -0.1) is 11.6 Å². The van der Waals surface area contributed by atoms with Gasteiger partial charge in [0.15, 0.2) is 5.58 Å². The molecule has 0 radical (unpaired) electrons. The summed E-state index contributed by atoms with van der Waals surface area (Å²) in [5.41, 5.74) is 2.16. The fourth-order valence-corrected chi connectivity index (χ4v) is 1.35. The highest BCUT2D eigenvalue weighted by molar-refractivity contribution is 6.18. The summed E-state index contributed by atoms with van der Waals surface area (Å²) in [6, 6.07) is 5.39. The standard InChI is InChI=1S/C9H9ClN2O2/c10-3-4-11-6-1-2-8-7(5-6)12-9(13)14-8/h1-2,5,11H,3-4H2,(H,12,13). The molecule has 14 heavy (non-hydrogen) atoms. The first-order valence-electron chi connectivity index (χ1n) is 4.22. The number of hydrogen-bond acceptors (Lipinski definition) is 3. The summed E-state index contributed by atoms with van der Waals surface area (Å²) in [5, 5.41) is 3.10. The van der Waals surface area contributed by atoms with E-state index in [1.54, 1.807) is 6.07 Å². The van der Waals surface area contributed by atoms with Gasteiger partial charge >= 0.3 is 5.76 Å². The Morgan fingerprint density at radius 2 is 2.36 bits per heavy atom. The van der Waals surface area contributed by atoms with Gasteiger partial charge < -0.3 is 9.73 Å².